The van der Waals surface area contributed by atoms with Crippen LogP contribution in [0.2, 0.25) is 0 Å². The molecule has 3 N–H and O–H groups in total. The van der Waals surface area contributed by atoms with Gasteiger partial charge < -0.3 is 10.7 Å². The van der Waals surface area contributed by atoms with Gasteiger partial charge in [-0.15, -0.1) is 0 Å². The van der Waals surface area contributed by atoms with E-state index in [2.05, 4.69) is 23.8 Å². The fourth-order valence-electron chi connectivity index (χ4n) is 2.08. The van der Waals surface area contributed by atoms with Gasteiger partial charge in [0.25, 0.3) is 5.69 Å². The van der Waals surface area contributed by atoms with Gasteiger partial charge in [-0.2, -0.15) is 0 Å². The molecule has 106 valence electrons. The van der Waals surface area contributed by atoms with Crippen molar-refractivity contribution in [1.29, 1.82) is 0 Å². The highest BCUT2D eigenvalue weighted by Gasteiger charge is 2.14. The van der Waals surface area contributed by atoms with Gasteiger partial charge in [-0.25, -0.2) is 4.98 Å². The van der Waals surface area contributed by atoms with Crippen LogP contribution in [0.25, 0.3) is 11.3 Å². The van der Waals surface area contributed by atoms with E-state index in [9.17, 15) is 10.1 Å². The third-order valence-electron chi connectivity index (χ3n) is 3.04. The predicted molar refractivity (Wildman–Crippen MR) is 77.1 cm³/mol. The fourth-order valence-corrected chi connectivity index (χ4v) is 2.08. The molecule has 1 atom stereocenters. The molecular weight excluding hydrogens is 256 g/mol. The highest BCUT2D eigenvalue weighted by atomic mass is 16.6. The molecule has 0 aliphatic rings. The van der Waals surface area contributed by atoms with Gasteiger partial charge in [0.05, 0.1) is 22.9 Å². The molecule has 6 nitrogen and oxygen atoms in total. The van der Waals surface area contributed by atoms with E-state index in [4.69, 9.17) is 5.73 Å². The fraction of sp³-hybridized carbons (Fsp3) is 0.357. The van der Waals surface area contributed by atoms with Crippen molar-refractivity contribution in [1.82, 2.24) is 9.97 Å². The Labute approximate surface area is 117 Å². The minimum absolute atomic E-state index is 0.0603. The smallest absolute Gasteiger partial charge is 0.270 e. The summed E-state index contributed by atoms with van der Waals surface area (Å²) in [5.41, 5.74) is 7.59. The minimum Gasteiger partial charge on any atom is -0.341 e. The molecule has 0 amide bonds. The van der Waals surface area contributed by atoms with Crippen molar-refractivity contribution < 1.29 is 4.92 Å². The van der Waals surface area contributed by atoms with Crippen LogP contribution < -0.4 is 5.73 Å². The molecule has 0 fully saturated rings. The second-order valence-corrected chi connectivity index (χ2v) is 5.23. The maximum Gasteiger partial charge on any atom is 0.270 e. The van der Waals surface area contributed by atoms with Gasteiger partial charge in [-0.05, 0) is 12.3 Å². The Bertz CT molecular complexity index is 607. The van der Waals surface area contributed by atoms with Crippen molar-refractivity contribution in [2.75, 3.05) is 0 Å². The van der Waals surface area contributed by atoms with Gasteiger partial charge in [0.15, 0.2) is 0 Å². The lowest BCUT2D eigenvalue weighted by molar-refractivity contribution is -0.384. The minimum atomic E-state index is -0.411. The molecule has 1 aromatic heterocycles. The zero-order chi connectivity index (χ0) is 14.7. The highest BCUT2D eigenvalue weighted by Crippen LogP contribution is 2.24. The highest BCUT2D eigenvalue weighted by molar-refractivity contribution is 5.62. The zero-order valence-electron chi connectivity index (χ0n) is 11.5. The van der Waals surface area contributed by atoms with Crippen LogP contribution in [0, 0.1) is 16.0 Å². The van der Waals surface area contributed by atoms with Gasteiger partial charge in [0.2, 0.25) is 0 Å². The van der Waals surface area contributed by atoms with Crippen LogP contribution in [0.4, 0.5) is 5.69 Å². The number of benzene rings is 1. The SMILES string of the molecule is CC(C)CC(N)c1ncc(-c2cccc([N+](=O)[O-])c2)[nH]1. The number of hydrogen-bond acceptors (Lipinski definition) is 4. The molecule has 0 aliphatic heterocycles. The zero-order valence-corrected chi connectivity index (χ0v) is 11.5. The Balaban J connectivity index is 2.24. The van der Waals surface area contributed by atoms with Crippen LogP contribution in [-0.2, 0) is 0 Å². The third-order valence-corrected chi connectivity index (χ3v) is 3.04. The summed E-state index contributed by atoms with van der Waals surface area (Å²) < 4.78 is 0. The number of aromatic nitrogens is 2. The van der Waals surface area contributed by atoms with Crippen LogP contribution in [-0.4, -0.2) is 14.9 Å². The number of nitrogens with zero attached hydrogens (tertiary/aromatic N) is 2. The van der Waals surface area contributed by atoms with Crippen molar-refractivity contribution in [3.63, 3.8) is 0 Å². The van der Waals surface area contributed by atoms with E-state index in [0.29, 0.717) is 11.7 Å². The maximum atomic E-state index is 10.8. The molecule has 6 heteroatoms. The first-order valence-electron chi connectivity index (χ1n) is 6.52. The van der Waals surface area contributed by atoms with Crippen molar-refractivity contribution in [3.05, 3.63) is 46.4 Å². The normalized spacial score (nSPS) is 12.6. The third kappa shape index (κ3) is 3.21. The number of nitro benzene ring substituents is 1. The Morgan fingerprint density at radius 1 is 1.45 bits per heavy atom. The maximum absolute atomic E-state index is 10.8. The summed E-state index contributed by atoms with van der Waals surface area (Å²) in [6, 6.07) is 6.29. The molecule has 0 radical (unpaired) electrons. The standard InChI is InChI=1S/C14H18N4O2/c1-9(2)6-12(15)14-16-8-13(17-14)10-4-3-5-11(7-10)18(19)20/h3-5,7-9,12H,6,15H2,1-2H3,(H,16,17). The first-order chi connectivity index (χ1) is 9.47. The Hall–Kier alpha value is -2.21. The van der Waals surface area contributed by atoms with E-state index in [1.165, 1.54) is 12.1 Å². The number of hydrogen-bond donors (Lipinski definition) is 2. The van der Waals surface area contributed by atoms with Crippen molar-refractivity contribution in [2.24, 2.45) is 11.7 Å². The van der Waals surface area contributed by atoms with Crippen LogP contribution in [0.3, 0.4) is 0 Å². The summed E-state index contributed by atoms with van der Waals surface area (Å²) in [6.07, 6.45) is 2.50. The van der Waals surface area contributed by atoms with E-state index < -0.39 is 4.92 Å². The molecule has 0 saturated heterocycles. The first-order valence-corrected chi connectivity index (χ1v) is 6.52. The number of nitro groups is 1. The lowest BCUT2D eigenvalue weighted by atomic mass is 10.0. The van der Waals surface area contributed by atoms with E-state index in [-0.39, 0.29) is 11.7 Å². The van der Waals surface area contributed by atoms with Crippen molar-refractivity contribution >= 4 is 5.69 Å². The van der Waals surface area contributed by atoms with E-state index in [0.717, 1.165) is 17.7 Å². The number of H-pyrrole nitrogens is 1. The van der Waals surface area contributed by atoms with Crippen molar-refractivity contribution in [3.8, 4) is 11.3 Å². The second kappa shape index (κ2) is 5.83. The molecule has 0 aliphatic carbocycles. The Kier molecular flexibility index (Phi) is 4.14. The summed E-state index contributed by atoms with van der Waals surface area (Å²) in [4.78, 5) is 17.8. The summed E-state index contributed by atoms with van der Waals surface area (Å²) in [5, 5.41) is 10.8. The summed E-state index contributed by atoms with van der Waals surface area (Å²) >= 11 is 0. The van der Waals surface area contributed by atoms with Gasteiger partial charge in [-0.3, -0.25) is 10.1 Å². The lowest BCUT2D eigenvalue weighted by Gasteiger charge is -2.10. The van der Waals surface area contributed by atoms with Gasteiger partial charge >= 0.3 is 0 Å². The summed E-state index contributed by atoms with van der Waals surface area (Å²) in [7, 11) is 0. The number of non-ortho nitro benzene ring substituents is 1. The van der Waals surface area contributed by atoms with E-state index >= 15 is 0 Å². The van der Waals surface area contributed by atoms with Crippen LogP contribution in [0.1, 0.15) is 32.1 Å². The monoisotopic (exact) mass is 274 g/mol. The van der Waals surface area contributed by atoms with Crippen LogP contribution >= 0.6 is 0 Å². The molecule has 0 saturated carbocycles. The number of imidazole rings is 1. The molecule has 20 heavy (non-hydrogen) atoms. The molecule has 2 aromatic rings. The predicted octanol–water partition coefficient (Wildman–Crippen LogP) is 3.03. The molecule has 0 spiro atoms. The van der Waals surface area contributed by atoms with Gasteiger partial charge in [0, 0.05) is 17.7 Å². The number of nitrogens with two attached hydrogens (primary N) is 1. The van der Waals surface area contributed by atoms with E-state index in [1.807, 2.05) is 0 Å². The van der Waals surface area contributed by atoms with Gasteiger partial charge in [0.1, 0.15) is 5.82 Å². The average molecular weight is 274 g/mol. The average Bonchev–Trinajstić information content (AvgIpc) is 2.87. The van der Waals surface area contributed by atoms with Gasteiger partial charge in [-0.1, -0.05) is 26.0 Å². The topological polar surface area (TPSA) is 97.8 Å². The van der Waals surface area contributed by atoms with E-state index in [1.54, 1.807) is 18.3 Å². The number of rotatable bonds is 5. The first kappa shape index (κ1) is 14.2. The lowest BCUT2D eigenvalue weighted by Crippen LogP contribution is -2.14. The molecule has 1 heterocycles. The quantitative estimate of drug-likeness (QED) is 0.646. The molecule has 0 bridgehead atoms. The summed E-state index contributed by atoms with van der Waals surface area (Å²) in [6.45, 7) is 4.20. The Morgan fingerprint density at radius 3 is 2.85 bits per heavy atom. The van der Waals surface area contributed by atoms with Crippen LogP contribution in [0.5, 0.6) is 0 Å². The largest absolute Gasteiger partial charge is 0.341 e. The number of nitrogens with one attached hydrogen (secondary N) is 1. The molecule has 1 unspecified atom stereocenters. The summed E-state index contributed by atoms with van der Waals surface area (Å²) in [5.74, 6) is 1.19. The van der Waals surface area contributed by atoms with Crippen molar-refractivity contribution in [2.45, 2.75) is 26.3 Å². The van der Waals surface area contributed by atoms with Crippen LogP contribution in [0.15, 0.2) is 30.5 Å². The molecule has 2 rings (SSSR count). The second-order valence-electron chi connectivity index (χ2n) is 5.23. The molecular formula is C14H18N4O2. The molecule has 1 aromatic carbocycles. The number of aromatic amines is 1. The Morgan fingerprint density at radius 2 is 2.20 bits per heavy atom.